The molecule has 0 bridgehead atoms. The van der Waals surface area contributed by atoms with E-state index < -0.39 is 17.9 Å². The van der Waals surface area contributed by atoms with Gasteiger partial charge in [-0.25, -0.2) is 0 Å². The van der Waals surface area contributed by atoms with Gasteiger partial charge >= 0.3 is 6.18 Å². The van der Waals surface area contributed by atoms with E-state index in [-0.39, 0.29) is 12.4 Å². The Balaban J connectivity index is 2.46. The predicted octanol–water partition coefficient (Wildman–Crippen LogP) is 0.762. The molecule has 0 atom stereocenters. The number of aromatic nitrogens is 3. The van der Waals surface area contributed by atoms with Crippen LogP contribution in [-0.4, -0.2) is 34.7 Å². The minimum absolute atomic E-state index is 0.191. The molecule has 0 aliphatic carbocycles. The Morgan fingerprint density at radius 3 is 2.71 bits per heavy atom. The quantitative estimate of drug-likeness (QED) is 0.675. The second kappa shape index (κ2) is 5.62. The number of carbonyl (C=O) groups is 1. The number of nitrogens with zero attached hydrogens (tertiary/aromatic N) is 2. The molecular formula is C8H12F3N5O. The lowest BCUT2D eigenvalue weighted by Crippen LogP contribution is -2.16. The van der Waals surface area contributed by atoms with Crippen molar-refractivity contribution in [1.29, 1.82) is 0 Å². The summed E-state index contributed by atoms with van der Waals surface area (Å²) in [4.78, 5) is 14.3. The number of nitrogens with one attached hydrogen (secondary N) is 3. The van der Waals surface area contributed by atoms with Crippen LogP contribution in [0.4, 0.5) is 19.1 Å². The topological polar surface area (TPSA) is 82.7 Å². The Morgan fingerprint density at radius 2 is 2.18 bits per heavy atom. The van der Waals surface area contributed by atoms with Crippen LogP contribution in [0.2, 0.25) is 0 Å². The zero-order valence-corrected chi connectivity index (χ0v) is 9.06. The fourth-order valence-corrected chi connectivity index (χ4v) is 1.06. The first-order valence-corrected chi connectivity index (χ1v) is 4.87. The largest absolute Gasteiger partial charge is 0.451 e. The summed E-state index contributed by atoms with van der Waals surface area (Å²) in [5.41, 5.74) is 0. The Hall–Kier alpha value is -1.64. The number of anilines is 1. The van der Waals surface area contributed by atoms with Crippen molar-refractivity contribution < 1.29 is 18.0 Å². The summed E-state index contributed by atoms with van der Waals surface area (Å²) in [5, 5.41) is 9.97. The zero-order valence-electron chi connectivity index (χ0n) is 9.06. The first-order valence-electron chi connectivity index (χ1n) is 4.87. The maximum atomic E-state index is 12.1. The van der Waals surface area contributed by atoms with Crippen molar-refractivity contribution in [3.8, 4) is 0 Å². The second-order valence-electron chi connectivity index (χ2n) is 3.26. The number of hydrogen-bond donors (Lipinski definition) is 3. The molecular weight excluding hydrogens is 239 g/mol. The molecule has 0 aliphatic rings. The monoisotopic (exact) mass is 251 g/mol. The van der Waals surface area contributed by atoms with Crippen LogP contribution in [0.3, 0.4) is 0 Å². The van der Waals surface area contributed by atoms with E-state index in [1.54, 1.807) is 12.1 Å². The molecule has 0 spiro atoms. The summed E-state index contributed by atoms with van der Waals surface area (Å²) in [7, 11) is 1.74. The van der Waals surface area contributed by atoms with E-state index in [9.17, 15) is 18.0 Å². The minimum Gasteiger partial charge on any atom is -0.320 e. The molecule has 3 N–H and O–H groups in total. The Bertz CT molecular complexity index is 375. The molecule has 1 aromatic heterocycles. The van der Waals surface area contributed by atoms with Gasteiger partial charge in [-0.05, 0) is 20.0 Å². The first-order chi connectivity index (χ1) is 7.93. The van der Waals surface area contributed by atoms with Gasteiger partial charge in [-0.3, -0.25) is 15.2 Å². The highest BCUT2D eigenvalue weighted by Crippen LogP contribution is 2.26. The second-order valence-corrected chi connectivity index (χ2v) is 3.26. The fraction of sp³-hybridized carbons (Fsp3) is 0.625. The van der Waals surface area contributed by atoms with Gasteiger partial charge in [0.15, 0.2) is 0 Å². The van der Waals surface area contributed by atoms with Gasteiger partial charge in [0.2, 0.25) is 17.7 Å². The van der Waals surface area contributed by atoms with Crippen LogP contribution in [0, 0.1) is 0 Å². The number of amides is 1. The lowest BCUT2D eigenvalue weighted by molar-refractivity contribution is -0.144. The number of alkyl halides is 3. The zero-order chi connectivity index (χ0) is 12.9. The third-order valence-corrected chi connectivity index (χ3v) is 1.84. The van der Waals surface area contributed by atoms with Gasteiger partial charge in [0.1, 0.15) is 0 Å². The van der Waals surface area contributed by atoms with Crippen LogP contribution in [0.25, 0.3) is 0 Å². The predicted molar refractivity (Wildman–Crippen MR) is 53.2 cm³/mol. The molecule has 0 radical (unpaired) electrons. The molecule has 1 heterocycles. The Morgan fingerprint density at radius 1 is 1.47 bits per heavy atom. The van der Waals surface area contributed by atoms with E-state index in [1.165, 1.54) is 0 Å². The van der Waals surface area contributed by atoms with Crippen molar-refractivity contribution in [2.45, 2.75) is 19.0 Å². The van der Waals surface area contributed by atoms with E-state index in [0.717, 1.165) is 0 Å². The number of hydrogen-bond acceptors (Lipinski definition) is 4. The van der Waals surface area contributed by atoms with E-state index >= 15 is 0 Å². The van der Waals surface area contributed by atoms with Gasteiger partial charge in [0.05, 0.1) is 0 Å². The van der Waals surface area contributed by atoms with Crippen LogP contribution >= 0.6 is 0 Å². The molecule has 1 amide bonds. The lowest BCUT2D eigenvalue weighted by atomic mass is 10.3. The molecule has 6 nitrogen and oxygen atoms in total. The van der Waals surface area contributed by atoms with Crippen molar-refractivity contribution in [3.63, 3.8) is 0 Å². The van der Waals surface area contributed by atoms with Crippen molar-refractivity contribution in [2.75, 3.05) is 18.9 Å². The Labute approximate surface area is 95.0 Å². The molecule has 1 rings (SSSR count). The van der Waals surface area contributed by atoms with Crippen molar-refractivity contribution >= 4 is 11.9 Å². The molecule has 0 saturated heterocycles. The number of H-pyrrole nitrogens is 1. The highest BCUT2D eigenvalue weighted by Gasteiger charge is 2.35. The summed E-state index contributed by atoms with van der Waals surface area (Å²) in [6, 6.07) is 0. The third kappa shape index (κ3) is 4.39. The fourth-order valence-electron chi connectivity index (χ4n) is 1.06. The normalized spacial score (nSPS) is 11.5. The number of rotatable bonds is 5. The average Bonchev–Trinajstić information content (AvgIpc) is 2.66. The van der Waals surface area contributed by atoms with Crippen LogP contribution < -0.4 is 10.6 Å². The maximum absolute atomic E-state index is 12.1. The van der Waals surface area contributed by atoms with Crippen LogP contribution in [0.1, 0.15) is 18.7 Å². The van der Waals surface area contributed by atoms with Gasteiger partial charge < -0.3 is 5.32 Å². The van der Waals surface area contributed by atoms with Gasteiger partial charge in [0.25, 0.3) is 0 Å². The lowest BCUT2D eigenvalue weighted by Gasteiger charge is -2.00. The minimum atomic E-state index is -4.60. The molecule has 17 heavy (non-hydrogen) atoms. The third-order valence-electron chi connectivity index (χ3n) is 1.84. The highest BCUT2D eigenvalue weighted by atomic mass is 19.4. The molecule has 0 saturated carbocycles. The molecule has 9 heteroatoms. The van der Waals surface area contributed by atoms with E-state index in [2.05, 4.69) is 20.7 Å². The molecule has 96 valence electrons. The Kier molecular flexibility index (Phi) is 4.44. The molecule has 0 fully saturated rings. The summed E-state index contributed by atoms with van der Waals surface area (Å²) in [6.07, 6.45) is -3.82. The number of carbonyl (C=O) groups excluding carboxylic acids is 1. The van der Waals surface area contributed by atoms with Crippen LogP contribution in [-0.2, 0) is 11.0 Å². The maximum Gasteiger partial charge on any atom is 0.451 e. The SMILES string of the molecule is CNCCCC(=O)Nc1n[nH]c(C(F)(F)F)n1. The van der Waals surface area contributed by atoms with Crippen molar-refractivity contribution in [1.82, 2.24) is 20.5 Å². The van der Waals surface area contributed by atoms with Crippen molar-refractivity contribution in [2.24, 2.45) is 0 Å². The van der Waals surface area contributed by atoms with Crippen LogP contribution in [0.5, 0.6) is 0 Å². The molecule has 1 aromatic rings. The molecule has 0 aliphatic heterocycles. The van der Waals surface area contributed by atoms with E-state index in [4.69, 9.17) is 0 Å². The van der Waals surface area contributed by atoms with Gasteiger partial charge in [-0.1, -0.05) is 0 Å². The van der Waals surface area contributed by atoms with E-state index in [0.29, 0.717) is 13.0 Å². The highest BCUT2D eigenvalue weighted by molar-refractivity contribution is 5.88. The summed E-state index contributed by atoms with van der Waals surface area (Å²) < 4.78 is 36.4. The molecule has 0 aromatic carbocycles. The van der Waals surface area contributed by atoms with Crippen LogP contribution in [0.15, 0.2) is 0 Å². The van der Waals surface area contributed by atoms with Gasteiger partial charge in [-0.15, -0.1) is 5.10 Å². The summed E-state index contributed by atoms with van der Waals surface area (Å²) in [5.74, 6) is -2.03. The summed E-state index contributed by atoms with van der Waals surface area (Å²) >= 11 is 0. The molecule has 0 unspecified atom stereocenters. The summed E-state index contributed by atoms with van der Waals surface area (Å²) in [6.45, 7) is 0.648. The van der Waals surface area contributed by atoms with E-state index in [1.807, 2.05) is 0 Å². The number of aromatic amines is 1. The van der Waals surface area contributed by atoms with Gasteiger partial charge in [-0.2, -0.15) is 18.2 Å². The standard InChI is InChI=1S/C8H12F3N5O/c1-12-4-2-3-5(17)13-7-14-6(15-16-7)8(9,10)11/h12H,2-4H2,1H3,(H2,13,14,15,16,17). The first kappa shape index (κ1) is 13.4. The smallest absolute Gasteiger partial charge is 0.320 e. The van der Waals surface area contributed by atoms with Gasteiger partial charge in [0, 0.05) is 6.42 Å². The van der Waals surface area contributed by atoms with Crippen molar-refractivity contribution in [3.05, 3.63) is 5.82 Å². The average molecular weight is 251 g/mol. The number of halogens is 3.